The van der Waals surface area contributed by atoms with Crippen LogP contribution in [0, 0.1) is 17.0 Å². The van der Waals surface area contributed by atoms with E-state index in [9.17, 15) is 28.1 Å². The minimum atomic E-state index is -5.13. The van der Waals surface area contributed by atoms with Crippen molar-refractivity contribution in [2.75, 3.05) is 7.11 Å². The number of nitrogens with zero attached hydrogens (tertiary/aromatic N) is 2. The van der Waals surface area contributed by atoms with Gasteiger partial charge in [0.25, 0.3) is 0 Å². The zero-order chi connectivity index (χ0) is 14.8. The van der Waals surface area contributed by atoms with Crippen molar-refractivity contribution in [1.29, 1.82) is 0 Å². The van der Waals surface area contributed by atoms with Gasteiger partial charge in [-0.3, -0.25) is 10.1 Å². The number of hydrogen-bond acceptors (Lipinski definition) is 6. The standard InChI is InChI=1S/C9H7F3N2O5/c1-4-3-13-5(8(15)18-2)6(14(16)17)7(4)19-9(10,11)12/h3H,1-2H3. The summed E-state index contributed by atoms with van der Waals surface area (Å²) in [5, 5.41) is 10.8. The first-order valence-corrected chi connectivity index (χ1v) is 4.65. The van der Waals surface area contributed by atoms with E-state index in [4.69, 9.17) is 0 Å². The Morgan fingerprint density at radius 3 is 2.47 bits per heavy atom. The molecule has 1 aromatic rings. The molecule has 1 rings (SSSR count). The molecule has 104 valence electrons. The highest BCUT2D eigenvalue weighted by Gasteiger charge is 2.38. The number of ether oxygens (including phenoxy) is 2. The molecule has 0 N–H and O–H groups in total. The summed E-state index contributed by atoms with van der Waals surface area (Å²) in [6, 6.07) is 0. The van der Waals surface area contributed by atoms with E-state index in [1.54, 1.807) is 0 Å². The van der Waals surface area contributed by atoms with E-state index in [-0.39, 0.29) is 5.56 Å². The average Bonchev–Trinajstić information content (AvgIpc) is 2.28. The van der Waals surface area contributed by atoms with E-state index >= 15 is 0 Å². The van der Waals surface area contributed by atoms with Crippen molar-refractivity contribution in [3.05, 3.63) is 27.6 Å². The second-order valence-corrected chi connectivity index (χ2v) is 3.26. The Balaban J connectivity index is 3.51. The van der Waals surface area contributed by atoms with Crippen LogP contribution < -0.4 is 4.74 Å². The molecule has 0 bridgehead atoms. The van der Waals surface area contributed by atoms with Gasteiger partial charge >= 0.3 is 18.0 Å². The molecule has 7 nitrogen and oxygen atoms in total. The monoisotopic (exact) mass is 280 g/mol. The van der Waals surface area contributed by atoms with Crippen LogP contribution in [0.5, 0.6) is 5.75 Å². The Morgan fingerprint density at radius 1 is 1.47 bits per heavy atom. The third kappa shape index (κ3) is 3.30. The van der Waals surface area contributed by atoms with Gasteiger partial charge in [-0.15, -0.1) is 13.2 Å². The van der Waals surface area contributed by atoms with E-state index in [2.05, 4.69) is 14.5 Å². The number of carbonyl (C=O) groups is 1. The summed E-state index contributed by atoms with van der Waals surface area (Å²) in [6.45, 7) is 1.13. The number of hydrogen-bond donors (Lipinski definition) is 0. The number of carbonyl (C=O) groups excluding carboxylic acids is 1. The molecule has 19 heavy (non-hydrogen) atoms. The third-order valence-corrected chi connectivity index (χ3v) is 1.96. The zero-order valence-electron chi connectivity index (χ0n) is 9.65. The Hall–Kier alpha value is -2.39. The lowest BCUT2D eigenvalue weighted by Gasteiger charge is -2.12. The molecule has 0 saturated carbocycles. The maximum atomic E-state index is 12.2. The molecule has 0 radical (unpaired) electrons. The minimum Gasteiger partial charge on any atom is -0.464 e. The smallest absolute Gasteiger partial charge is 0.464 e. The van der Waals surface area contributed by atoms with Crippen LogP contribution in [-0.2, 0) is 4.74 Å². The van der Waals surface area contributed by atoms with E-state index in [1.165, 1.54) is 0 Å². The summed E-state index contributed by atoms with van der Waals surface area (Å²) < 4.78 is 44.4. The molecule has 0 atom stereocenters. The van der Waals surface area contributed by atoms with Crippen molar-refractivity contribution >= 4 is 11.7 Å². The molecule has 0 saturated heterocycles. The molecule has 0 spiro atoms. The lowest BCUT2D eigenvalue weighted by Crippen LogP contribution is -2.20. The largest absolute Gasteiger partial charge is 0.573 e. The van der Waals surface area contributed by atoms with E-state index < -0.39 is 34.4 Å². The number of pyridine rings is 1. The van der Waals surface area contributed by atoms with Crippen LogP contribution in [0.2, 0.25) is 0 Å². The van der Waals surface area contributed by atoms with Crippen molar-refractivity contribution in [2.24, 2.45) is 0 Å². The first-order valence-electron chi connectivity index (χ1n) is 4.65. The molecule has 0 unspecified atom stereocenters. The maximum absolute atomic E-state index is 12.2. The summed E-state index contributed by atoms with van der Waals surface area (Å²) in [5.41, 5.74) is -2.29. The van der Waals surface area contributed by atoms with E-state index in [0.29, 0.717) is 0 Å². The molecule has 1 aromatic heterocycles. The second-order valence-electron chi connectivity index (χ2n) is 3.26. The highest BCUT2D eigenvalue weighted by Crippen LogP contribution is 2.36. The zero-order valence-corrected chi connectivity index (χ0v) is 9.65. The first kappa shape index (κ1) is 14.7. The molecule has 0 amide bonds. The van der Waals surface area contributed by atoms with E-state index in [1.807, 2.05) is 0 Å². The fourth-order valence-electron chi connectivity index (χ4n) is 1.24. The van der Waals surface area contributed by atoms with E-state index in [0.717, 1.165) is 20.2 Å². The van der Waals surface area contributed by atoms with Crippen molar-refractivity contribution in [1.82, 2.24) is 4.98 Å². The van der Waals surface area contributed by atoms with Crippen molar-refractivity contribution < 1.29 is 32.4 Å². The Morgan fingerprint density at radius 2 is 2.05 bits per heavy atom. The Bertz CT molecular complexity index is 529. The molecule has 0 aromatic carbocycles. The van der Waals surface area contributed by atoms with Crippen LogP contribution in [0.4, 0.5) is 18.9 Å². The third-order valence-electron chi connectivity index (χ3n) is 1.96. The molecule has 0 aliphatic heterocycles. The summed E-state index contributed by atoms with van der Waals surface area (Å²) in [6.07, 6.45) is -4.29. The average molecular weight is 280 g/mol. The number of esters is 1. The number of methoxy groups -OCH3 is 1. The summed E-state index contributed by atoms with van der Waals surface area (Å²) in [5.74, 6) is -2.33. The molecule has 0 fully saturated rings. The van der Waals surface area contributed by atoms with Gasteiger partial charge in [-0.2, -0.15) is 0 Å². The molecule has 1 heterocycles. The molecular formula is C9H7F3N2O5. The summed E-state index contributed by atoms with van der Waals surface area (Å²) in [4.78, 5) is 24.3. The predicted molar refractivity (Wildman–Crippen MR) is 53.7 cm³/mol. The quantitative estimate of drug-likeness (QED) is 0.477. The number of aromatic nitrogens is 1. The van der Waals surface area contributed by atoms with Crippen LogP contribution >= 0.6 is 0 Å². The van der Waals surface area contributed by atoms with Crippen LogP contribution in [0.1, 0.15) is 16.1 Å². The van der Waals surface area contributed by atoms with Gasteiger partial charge in [-0.25, -0.2) is 9.78 Å². The van der Waals surface area contributed by atoms with Crippen LogP contribution in [0.15, 0.2) is 6.20 Å². The fourth-order valence-corrected chi connectivity index (χ4v) is 1.24. The first-order chi connectivity index (χ1) is 8.67. The second kappa shape index (κ2) is 5.08. The van der Waals surface area contributed by atoms with Crippen LogP contribution in [0.25, 0.3) is 0 Å². The van der Waals surface area contributed by atoms with Crippen LogP contribution in [-0.4, -0.2) is 29.3 Å². The van der Waals surface area contributed by atoms with Crippen molar-refractivity contribution in [3.8, 4) is 5.75 Å². The summed E-state index contributed by atoms with van der Waals surface area (Å²) >= 11 is 0. The van der Waals surface area contributed by atoms with Crippen LogP contribution in [0.3, 0.4) is 0 Å². The molecular weight excluding hydrogens is 273 g/mol. The maximum Gasteiger partial charge on any atom is 0.573 e. The highest BCUT2D eigenvalue weighted by molar-refractivity contribution is 5.93. The summed E-state index contributed by atoms with van der Waals surface area (Å²) in [7, 11) is 0.915. The normalized spacial score (nSPS) is 11.0. The number of nitro groups is 1. The van der Waals surface area contributed by atoms with Gasteiger partial charge in [0.1, 0.15) is 0 Å². The van der Waals surface area contributed by atoms with Gasteiger partial charge in [-0.05, 0) is 6.92 Å². The topological polar surface area (TPSA) is 91.6 Å². The lowest BCUT2D eigenvalue weighted by molar-refractivity contribution is -0.389. The molecule has 10 heteroatoms. The number of aryl methyl sites for hydroxylation is 1. The Labute approximate surface area is 104 Å². The fraction of sp³-hybridized carbons (Fsp3) is 0.333. The minimum absolute atomic E-state index is 0.239. The van der Waals surface area contributed by atoms with Crippen molar-refractivity contribution in [2.45, 2.75) is 13.3 Å². The number of rotatable bonds is 3. The van der Waals surface area contributed by atoms with Gasteiger partial charge in [0.15, 0.2) is 0 Å². The van der Waals surface area contributed by atoms with Gasteiger partial charge in [-0.1, -0.05) is 0 Å². The van der Waals surface area contributed by atoms with Gasteiger partial charge in [0, 0.05) is 11.8 Å². The SMILES string of the molecule is COC(=O)c1ncc(C)c(OC(F)(F)F)c1[N+](=O)[O-]. The van der Waals surface area contributed by atoms with Gasteiger partial charge in [0.2, 0.25) is 11.4 Å². The molecule has 0 aliphatic carbocycles. The van der Waals surface area contributed by atoms with Gasteiger partial charge in [0.05, 0.1) is 12.0 Å². The molecule has 0 aliphatic rings. The predicted octanol–water partition coefficient (Wildman–Crippen LogP) is 1.98. The highest BCUT2D eigenvalue weighted by atomic mass is 19.4. The number of alkyl halides is 3. The lowest BCUT2D eigenvalue weighted by atomic mass is 10.2. The number of halogens is 3. The van der Waals surface area contributed by atoms with Crippen molar-refractivity contribution in [3.63, 3.8) is 0 Å². The van der Waals surface area contributed by atoms with Gasteiger partial charge < -0.3 is 9.47 Å². The Kier molecular flexibility index (Phi) is 3.92.